The van der Waals surface area contributed by atoms with Crippen LogP contribution in [0.1, 0.15) is 41.4 Å². The van der Waals surface area contributed by atoms with Crippen LogP contribution in [0.2, 0.25) is 0 Å². The van der Waals surface area contributed by atoms with E-state index in [1.54, 1.807) is 48.5 Å². The van der Waals surface area contributed by atoms with Crippen LogP contribution in [0.15, 0.2) is 275 Å². The van der Waals surface area contributed by atoms with Crippen molar-refractivity contribution in [2.45, 2.75) is 0 Å². The first kappa shape index (κ1) is 59.9. The van der Waals surface area contributed by atoms with Crippen molar-refractivity contribution in [1.82, 2.24) is 19.9 Å². The summed E-state index contributed by atoms with van der Waals surface area (Å²) in [6.45, 7) is 0. The summed E-state index contributed by atoms with van der Waals surface area (Å²) >= 11 is 0. The lowest BCUT2D eigenvalue weighted by Gasteiger charge is -2.30. The molecule has 0 saturated heterocycles. The SMILES string of the molecule is O=C1c2ccc3c4ccc5c6c(ccc(c7ccc(c2c37)C(=O)N1c1ccc(-c2c3c(cc7c2=Nc2cc8c(cc2O7)[nH]c2ccccc28)=Nc2cc7c(cc2O3)[nH]c2ccccc27)cc1)c64)C(=O)N(c1ccc(-c2c3c(cc4c2=Nc2cc6c(cc2O4)[nH]c2ccccc26)=Nc2cc4c(cc2O3)[nH]c2ccccc24)cc1)C5=O. The zero-order valence-corrected chi connectivity index (χ0v) is 59.2. The number of carbonyl (C=O) groups excluding carboxylic acids is 4. The van der Waals surface area contributed by atoms with Gasteiger partial charge in [0.15, 0.2) is 46.0 Å². The third kappa shape index (κ3) is 7.84. The normalized spacial score (nSPS) is 14.2. The minimum atomic E-state index is -0.490. The van der Waals surface area contributed by atoms with Gasteiger partial charge in [-0.05, 0) is 141 Å². The van der Waals surface area contributed by atoms with Crippen LogP contribution in [0.3, 0.4) is 0 Å². The Hall–Kier alpha value is -16.1. The number of nitrogens with one attached hydrogen (secondary N) is 4. The van der Waals surface area contributed by atoms with E-state index in [2.05, 4.69) is 44.2 Å². The molecule has 18 heteroatoms. The highest BCUT2D eigenvalue weighted by molar-refractivity contribution is 6.45. The minimum Gasteiger partial charge on any atom is -0.453 e. The average Bonchev–Trinajstić information content (AvgIpc) is 0.795. The predicted octanol–water partition coefficient (Wildman–Crippen LogP) is 21.4. The summed E-state index contributed by atoms with van der Waals surface area (Å²) in [6.07, 6.45) is 0. The second-order valence-electron chi connectivity index (χ2n) is 30.0. The Morgan fingerprint density at radius 2 is 0.544 bits per heavy atom. The first-order valence-electron chi connectivity index (χ1n) is 37.4. The maximum absolute atomic E-state index is 15.4. The highest BCUT2D eigenvalue weighted by atomic mass is 16.5. The second-order valence-corrected chi connectivity index (χ2v) is 30.0. The van der Waals surface area contributed by atoms with E-state index < -0.39 is 23.6 Å². The van der Waals surface area contributed by atoms with Gasteiger partial charge in [-0.2, -0.15) is 0 Å². The molecule has 528 valence electrons. The van der Waals surface area contributed by atoms with E-state index in [0.717, 1.165) is 120 Å². The number of para-hydroxylation sites is 4. The number of ether oxygens (including phenoxy) is 4. The lowest BCUT2D eigenvalue weighted by Crippen LogP contribution is -2.40. The summed E-state index contributed by atoms with van der Waals surface area (Å²) in [5.74, 6) is 2.23. The second kappa shape index (κ2) is 21.0. The summed E-state index contributed by atoms with van der Waals surface area (Å²) in [5, 5.41) is 16.0. The van der Waals surface area contributed by atoms with Crippen LogP contribution < -0.4 is 50.2 Å². The van der Waals surface area contributed by atoms with E-state index in [4.69, 9.17) is 38.9 Å². The highest BCUT2D eigenvalue weighted by Gasteiger charge is 2.40. The lowest BCUT2D eigenvalue weighted by molar-refractivity contribution is 0.0877. The van der Waals surface area contributed by atoms with E-state index >= 15 is 19.2 Å². The molecule has 4 amide bonds. The summed E-state index contributed by atoms with van der Waals surface area (Å²) in [6, 6.07) is 81.8. The number of carbonyl (C=O) groups is 4. The van der Waals surface area contributed by atoms with E-state index in [9.17, 15) is 0 Å². The number of anilines is 2. The van der Waals surface area contributed by atoms with Crippen LogP contribution >= 0.6 is 0 Å². The molecule has 4 N–H and O–H groups in total. The monoisotopic (exact) mass is 1470 g/mol. The van der Waals surface area contributed by atoms with Crippen LogP contribution in [0.25, 0.3) is 153 Å². The van der Waals surface area contributed by atoms with Gasteiger partial charge in [-0.1, -0.05) is 121 Å². The number of nitrogens with zero attached hydrogens (tertiary/aromatic N) is 6. The Morgan fingerprint density at radius 1 is 0.246 bits per heavy atom. The Balaban J connectivity index is 0.541. The number of hydrogen-bond acceptors (Lipinski definition) is 12. The number of fused-ring (bicyclic) bond motifs is 22. The quantitative estimate of drug-likeness (QED) is 0.0751. The summed E-state index contributed by atoms with van der Waals surface area (Å²) in [4.78, 5) is 99.3. The Labute approximate surface area is 639 Å². The van der Waals surface area contributed by atoms with Gasteiger partial charge >= 0.3 is 0 Å². The zero-order chi connectivity index (χ0) is 74.5. The molecular weight excluding hydrogens is 1420 g/mol. The largest absolute Gasteiger partial charge is 0.453 e. The van der Waals surface area contributed by atoms with Gasteiger partial charge in [-0.25, -0.2) is 29.8 Å². The molecule has 0 aliphatic carbocycles. The molecule has 6 aliphatic rings. The molecule has 0 radical (unpaired) electrons. The molecule has 0 saturated carbocycles. The van der Waals surface area contributed by atoms with Crippen molar-refractivity contribution >= 4 is 188 Å². The fourth-order valence-electron chi connectivity index (χ4n) is 18.9. The summed E-state index contributed by atoms with van der Waals surface area (Å²) in [5.41, 5.74) is 14.9. The average molecular weight is 1470 g/mol. The minimum absolute atomic E-state index is 0.352. The van der Waals surface area contributed by atoms with Gasteiger partial charge in [-0.15, -0.1) is 0 Å². The van der Waals surface area contributed by atoms with E-state index in [1.807, 2.05) is 182 Å². The fraction of sp³-hybridized carbons (Fsp3) is 0. The van der Waals surface area contributed by atoms with E-state index in [-0.39, 0.29) is 0 Å². The zero-order valence-electron chi connectivity index (χ0n) is 59.2. The molecule has 10 heterocycles. The van der Waals surface area contributed by atoms with Crippen LogP contribution in [0, 0.1) is 0 Å². The first-order chi connectivity index (χ1) is 56.1. The van der Waals surface area contributed by atoms with Crippen molar-refractivity contribution in [3.8, 4) is 68.2 Å². The van der Waals surface area contributed by atoms with Crippen LogP contribution in [0.4, 0.5) is 34.1 Å². The number of aromatic amines is 4. The maximum Gasteiger partial charge on any atom is 0.265 e. The van der Waals surface area contributed by atoms with Gasteiger partial charge in [-0.3, -0.25) is 19.2 Å². The Morgan fingerprint density at radius 3 is 0.868 bits per heavy atom. The van der Waals surface area contributed by atoms with Crippen LogP contribution in [-0.2, 0) is 0 Å². The van der Waals surface area contributed by atoms with Crippen molar-refractivity contribution in [2.75, 3.05) is 9.80 Å². The van der Waals surface area contributed by atoms with E-state index in [0.29, 0.717) is 157 Å². The third-order valence-corrected chi connectivity index (χ3v) is 24.0. The van der Waals surface area contributed by atoms with Crippen molar-refractivity contribution in [1.29, 1.82) is 0 Å². The molecule has 0 bridgehead atoms. The fourth-order valence-corrected chi connectivity index (χ4v) is 18.9. The molecule has 0 atom stereocenters. The maximum atomic E-state index is 15.4. The van der Waals surface area contributed by atoms with Gasteiger partial charge in [0, 0.05) is 135 Å². The highest BCUT2D eigenvalue weighted by Crippen LogP contribution is 2.52. The van der Waals surface area contributed by atoms with E-state index in [1.165, 1.54) is 9.80 Å². The molecule has 27 rings (SSSR count). The number of benzene rings is 17. The first-order valence-corrected chi connectivity index (χ1v) is 37.4. The molecule has 0 spiro atoms. The van der Waals surface area contributed by atoms with Gasteiger partial charge in [0.1, 0.15) is 44.2 Å². The molecule has 18 nitrogen and oxygen atoms in total. The molecule has 0 fully saturated rings. The van der Waals surface area contributed by atoms with Crippen molar-refractivity contribution in [3.05, 3.63) is 298 Å². The molecule has 0 unspecified atom stereocenters. The number of H-pyrrole nitrogens is 4. The van der Waals surface area contributed by atoms with Crippen molar-refractivity contribution in [2.24, 2.45) is 20.0 Å². The molecule has 6 aliphatic heterocycles. The third-order valence-electron chi connectivity index (χ3n) is 24.0. The summed E-state index contributed by atoms with van der Waals surface area (Å²) in [7, 11) is 0. The number of aromatic nitrogens is 4. The number of hydrogen-bond donors (Lipinski definition) is 4. The Kier molecular flexibility index (Phi) is 11.0. The van der Waals surface area contributed by atoms with Gasteiger partial charge in [0.2, 0.25) is 0 Å². The molecule has 114 heavy (non-hydrogen) atoms. The number of imide groups is 2. The number of rotatable bonds is 4. The van der Waals surface area contributed by atoms with Crippen LogP contribution in [0.5, 0.6) is 46.0 Å². The smallest absolute Gasteiger partial charge is 0.265 e. The molecule has 17 aromatic carbocycles. The van der Waals surface area contributed by atoms with Gasteiger partial charge < -0.3 is 38.9 Å². The molecule has 4 aromatic heterocycles. The van der Waals surface area contributed by atoms with Crippen molar-refractivity contribution < 1.29 is 38.1 Å². The van der Waals surface area contributed by atoms with Crippen molar-refractivity contribution in [3.63, 3.8) is 0 Å². The molecular formula is C96H46N10O8. The van der Waals surface area contributed by atoms with Crippen LogP contribution in [-0.4, -0.2) is 43.6 Å². The topological polar surface area (TPSA) is 224 Å². The molecule has 21 aromatic rings. The summed E-state index contributed by atoms with van der Waals surface area (Å²) < 4.78 is 27.7. The predicted molar refractivity (Wildman–Crippen MR) is 440 cm³/mol. The Bertz CT molecular complexity index is 7990. The van der Waals surface area contributed by atoms with Gasteiger partial charge in [0.25, 0.3) is 23.6 Å². The van der Waals surface area contributed by atoms with Gasteiger partial charge in [0.05, 0.1) is 44.6 Å². The number of amides is 4. The lowest BCUT2D eigenvalue weighted by atomic mass is 9.82. The standard InChI is InChI=1S/C96H46N10O8/c107-93-55-29-25-51-53-27-31-57-88-58(96(110)106(95(57)109)46-23-19-44(20-24-46)84-90-82(112-78-38-68-62(36-74(78)104-90)50-12-4-8-16-66(50)98-68)42-76-92(84)114-80-40-70-60(34-72(80)102-76)48-10-2-6-14-64(48)100-70)32-28-54(86(53)88)52-26-30-56(87(55)85(51)52)94(108)105(93)45-21-17-43(18-22-45)83-89-81(111-77-37-67-61(35-73(77)103-89)49-11-3-7-15-65(49)97-67)41-75-91(83)113-79-39-69-59(33-71(79)101-75)47-9-1-5-13-63(47)99-69/h1-42,97-100H.